The fourth-order valence-electron chi connectivity index (χ4n) is 2.70. The van der Waals surface area contributed by atoms with Gasteiger partial charge in [-0.3, -0.25) is 14.4 Å². The van der Waals surface area contributed by atoms with Crippen molar-refractivity contribution in [3.8, 4) is 0 Å². The maximum atomic E-state index is 13.5. The highest BCUT2D eigenvalue weighted by molar-refractivity contribution is 7.22. The number of anilines is 1. The van der Waals surface area contributed by atoms with E-state index in [1.807, 2.05) is 12.3 Å². The number of hydrogen-bond donors (Lipinski definition) is 0. The summed E-state index contributed by atoms with van der Waals surface area (Å²) >= 11 is 7.32. The molecule has 0 spiro atoms. The van der Waals surface area contributed by atoms with E-state index in [9.17, 15) is 9.18 Å². The second-order valence-corrected chi connectivity index (χ2v) is 7.29. The fourth-order valence-corrected chi connectivity index (χ4v) is 3.90. The van der Waals surface area contributed by atoms with Crippen molar-refractivity contribution >= 4 is 44.2 Å². The Balaban J connectivity index is 1.70. The lowest BCUT2D eigenvalue weighted by molar-refractivity contribution is 0.0986. The summed E-state index contributed by atoms with van der Waals surface area (Å²) < 4.78 is 16.0. The first-order chi connectivity index (χ1) is 13.1. The van der Waals surface area contributed by atoms with E-state index in [0.717, 1.165) is 0 Å². The molecule has 0 saturated carbocycles. The van der Waals surface area contributed by atoms with Crippen LogP contribution in [0.25, 0.3) is 10.2 Å². The molecule has 0 fully saturated rings. The van der Waals surface area contributed by atoms with Gasteiger partial charge in [0.2, 0.25) is 0 Å². The normalized spacial score (nSPS) is 11.0. The summed E-state index contributed by atoms with van der Waals surface area (Å²) in [7, 11) is 0. The van der Waals surface area contributed by atoms with Crippen molar-refractivity contribution in [3.63, 3.8) is 0 Å². The summed E-state index contributed by atoms with van der Waals surface area (Å²) in [4.78, 5) is 19.2. The number of carbonyl (C=O) groups excluding carboxylic acids is 1. The lowest BCUT2D eigenvalue weighted by Crippen LogP contribution is -2.34. The highest BCUT2D eigenvalue weighted by atomic mass is 35.5. The van der Waals surface area contributed by atoms with Crippen LogP contribution in [-0.4, -0.2) is 27.2 Å². The minimum absolute atomic E-state index is 0.218. The molecule has 0 saturated heterocycles. The van der Waals surface area contributed by atoms with Gasteiger partial charge in [-0.05, 0) is 42.5 Å². The Morgan fingerprint density at radius 1 is 1.22 bits per heavy atom. The molecule has 0 bridgehead atoms. The van der Waals surface area contributed by atoms with Crippen molar-refractivity contribution in [2.75, 3.05) is 11.4 Å². The summed E-state index contributed by atoms with van der Waals surface area (Å²) in [5, 5.41) is 5.17. The Labute approximate surface area is 163 Å². The number of halogens is 2. The van der Waals surface area contributed by atoms with Crippen LogP contribution in [0.4, 0.5) is 9.52 Å². The Bertz CT molecular complexity index is 1100. The van der Waals surface area contributed by atoms with Gasteiger partial charge < -0.3 is 0 Å². The molecule has 0 unspecified atom stereocenters. The molecule has 0 aliphatic heterocycles. The number of benzene rings is 2. The van der Waals surface area contributed by atoms with E-state index in [1.165, 1.54) is 23.5 Å². The third kappa shape index (κ3) is 3.84. The SMILES string of the molecule is O=C(c1cccc(Cl)c1)N(CCn1cccn1)c1nc2ccc(F)cc2s1. The molecule has 5 nitrogen and oxygen atoms in total. The van der Waals surface area contributed by atoms with Crippen LogP contribution in [-0.2, 0) is 6.54 Å². The highest BCUT2D eigenvalue weighted by Crippen LogP contribution is 2.30. The summed E-state index contributed by atoms with van der Waals surface area (Å²) in [6.07, 6.45) is 3.51. The van der Waals surface area contributed by atoms with Gasteiger partial charge >= 0.3 is 0 Å². The van der Waals surface area contributed by atoms with E-state index in [2.05, 4.69) is 10.1 Å². The Morgan fingerprint density at radius 3 is 2.89 bits per heavy atom. The molecule has 0 N–H and O–H groups in total. The van der Waals surface area contributed by atoms with Gasteiger partial charge in [0.1, 0.15) is 5.82 Å². The number of amides is 1. The van der Waals surface area contributed by atoms with E-state index < -0.39 is 0 Å². The van der Waals surface area contributed by atoms with Crippen LogP contribution in [0.15, 0.2) is 60.9 Å². The Morgan fingerprint density at radius 2 is 2.11 bits per heavy atom. The summed E-state index contributed by atoms with van der Waals surface area (Å²) in [6.45, 7) is 0.874. The average molecular weight is 401 g/mol. The van der Waals surface area contributed by atoms with E-state index >= 15 is 0 Å². The number of fused-ring (bicyclic) bond motifs is 1. The first-order valence-corrected chi connectivity index (χ1v) is 9.40. The van der Waals surface area contributed by atoms with Gasteiger partial charge in [-0.1, -0.05) is 29.0 Å². The van der Waals surface area contributed by atoms with E-state index in [1.54, 1.807) is 46.1 Å². The van der Waals surface area contributed by atoms with E-state index in [-0.39, 0.29) is 11.7 Å². The molecule has 4 rings (SSSR count). The molecule has 2 aromatic carbocycles. The zero-order valence-electron chi connectivity index (χ0n) is 14.0. The monoisotopic (exact) mass is 400 g/mol. The molecule has 1 amide bonds. The maximum absolute atomic E-state index is 13.5. The molecule has 8 heteroatoms. The van der Waals surface area contributed by atoms with Crippen molar-refractivity contribution in [2.24, 2.45) is 0 Å². The lowest BCUT2D eigenvalue weighted by Gasteiger charge is -2.20. The third-order valence-electron chi connectivity index (χ3n) is 4.00. The summed E-state index contributed by atoms with van der Waals surface area (Å²) in [5.41, 5.74) is 1.12. The van der Waals surface area contributed by atoms with Crippen LogP contribution >= 0.6 is 22.9 Å². The lowest BCUT2D eigenvalue weighted by atomic mass is 10.2. The van der Waals surface area contributed by atoms with Gasteiger partial charge in [0.15, 0.2) is 5.13 Å². The van der Waals surface area contributed by atoms with Crippen LogP contribution in [0.2, 0.25) is 5.02 Å². The largest absolute Gasteiger partial charge is 0.282 e. The second-order valence-electron chi connectivity index (χ2n) is 5.84. The van der Waals surface area contributed by atoms with Crippen molar-refractivity contribution in [1.82, 2.24) is 14.8 Å². The van der Waals surface area contributed by atoms with E-state index in [4.69, 9.17) is 11.6 Å². The molecule has 0 aliphatic carbocycles. The number of aromatic nitrogens is 3. The second kappa shape index (κ2) is 7.46. The molecule has 4 aromatic rings. The minimum atomic E-state index is -0.332. The summed E-state index contributed by atoms with van der Waals surface area (Å²) in [5.74, 6) is -0.550. The van der Waals surface area contributed by atoms with Crippen molar-refractivity contribution in [3.05, 3.63) is 77.3 Å². The quantitative estimate of drug-likeness (QED) is 0.490. The molecule has 2 heterocycles. The van der Waals surface area contributed by atoms with Crippen LogP contribution in [0, 0.1) is 5.82 Å². The molecular weight excluding hydrogens is 387 g/mol. The predicted molar refractivity (Wildman–Crippen MR) is 105 cm³/mol. The van der Waals surface area contributed by atoms with Gasteiger partial charge in [-0.25, -0.2) is 9.37 Å². The number of hydrogen-bond acceptors (Lipinski definition) is 4. The smallest absolute Gasteiger partial charge is 0.260 e. The number of rotatable bonds is 5. The van der Waals surface area contributed by atoms with Gasteiger partial charge in [0.05, 0.1) is 16.8 Å². The number of nitrogens with zero attached hydrogens (tertiary/aromatic N) is 4. The average Bonchev–Trinajstić information content (AvgIpc) is 3.31. The zero-order chi connectivity index (χ0) is 18.8. The van der Waals surface area contributed by atoms with E-state index in [0.29, 0.717) is 39.0 Å². The molecule has 27 heavy (non-hydrogen) atoms. The van der Waals surface area contributed by atoms with Gasteiger partial charge in [0, 0.05) is 29.5 Å². The standard InChI is InChI=1S/C19H14ClFN4OS/c20-14-4-1-3-13(11-14)18(26)25(10-9-24-8-2-7-22-24)19-23-16-6-5-15(21)12-17(16)27-19/h1-8,11-12H,9-10H2. The number of thiazole rings is 1. The molecule has 0 atom stereocenters. The molecular formula is C19H14ClFN4OS. The first-order valence-electron chi connectivity index (χ1n) is 8.21. The molecule has 136 valence electrons. The number of carbonyl (C=O) groups is 1. The van der Waals surface area contributed by atoms with Crippen LogP contribution in [0.3, 0.4) is 0 Å². The highest BCUT2D eigenvalue weighted by Gasteiger charge is 2.21. The van der Waals surface area contributed by atoms with Crippen LogP contribution in [0.5, 0.6) is 0 Å². The van der Waals surface area contributed by atoms with Gasteiger partial charge in [-0.15, -0.1) is 0 Å². The molecule has 0 aliphatic rings. The van der Waals surface area contributed by atoms with Crippen LogP contribution in [0.1, 0.15) is 10.4 Å². The summed E-state index contributed by atoms with van der Waals surface area (Å²) in [6, 6.07) is 13.0. The topological polar surface area (TPSA) is 51.0 Å². The van der Waals surface area contributed by atoms with Crippen molar-refractivity contribution < 1.29 is 9.18 Å². The van der Waals surface area contributed by atoms with Crippen LogP contribution < -0.4 is 4.90 Å². The van der Waals surface area contributed by atoms with Gasteiger partial charge in [-0.2, -0.15) is 5.10 Å². The molecule has 2 aromatic heterocycles. The Hall–Kier alpha value is -2.77. The van der Waals surface area contributed by atoms with Crippen molar-refractivity contribution in [2.45, 2.75) is 6.54 Å². The minimum Gasteiger partial charge on any atom is -0.282 e. The Kier molecular flexibility index (Phi) is 4.87. The first kappa shape index (κ1) is 17.6. The van der Waals surface area contributed by atoms with Gasteiger partial charge in [0.25, 0.3) is 5.91 Å². The predicted octanol–water partition coefficient (Wildman–Crippen LogP) is 4.63. The maximum Gasteiger partial charge on any atom is 0.260 e. The van der Waals surface area contributed by atoms with Crippen molar-refractivity contribution in [1.29, 1.82) is 0 Å². The zero-order valence-corrected chi connectivity index (χ0v) is 15.6. The fraction of sp³-hybridized carbons (Fsp3) is 0.105. The molecule has 0 radical (unpaired) electrons. The third-order valence-corrected chi connectivity index (χ3v) is 5.27.